The van der Waals surface area contributed by atoms with E-state index in [2.05, 4.69) is 6.92 Å². The van der Waals surface area contributed by atoms with E-state index in [0.29, 0.717) is 31.8 Å². The zero-order valence-corrected chi connectivity index (χ0v) is 24.3. The van der Waals surface area contributed by atoms with Gasteiger partial charge in [-0.15, -0.1) is 0 Å². The zero-order valence-electron chi connectivity index (χ0n) is 24.3. The average Bonchev–Trinajstić information content (AvgIpc) is 2.96. The van der Waals surface area contributed by atoms with Gasteiger partial charge in [0.25, 0.3) is 5.78 Å². The topological polar surface area (TPSA) is 88.1 Å². The van der Waals surface area contributed by atoms with Gasteiger partial charge in [0.05, 0.1) is 26.4 Å². The summed E-state index contributed by atoms with van der Waals surface area (Å²) >= 11 is 0. The number of ether oxygens (including phenoxy) is 4. The number of benzene rings is 1. The Kier molecular flexibility index (Phi) is 23.2. The number of carbonyl (C=O) groups is 3. The molecule has 0 fully saturated rings. The van der Waals surface area contributed by atoms with Gasteiger partial charge >= 0.3 is 11.9 Å². The maximum Gasteiger partial charge on any atom is 0.379 e. The highest BCUT2D eigenvalue weighted by Crippen LogP contribution is 2.13. The number of hydrogen-bond donors (Lipinski definition) is 0. The van der Waals surface area contributed by atoms with E-state index >= 15 is 0 Å². The number of esters is 2. The minimum Gasteiger partial charge on any atom is -0.463 e. The average molecular weight is 549 g/mol. The molecule has 0 unspecified atom stereocenters. The van der Waals surface area contributed by atoms with Crippen molar-refractivity contribution in [3.05, 3.63) is 35.9 Å². The summed E-state index contributed by atoms with van der Waals surface area (Å²) in [6.07, 6.45) is 20.0. The first-order chi connectivity index (χ1) is 19.1. The molecular formula is C32H52O7. The smallest absolute Gasteiger partial charge is 0.379 e. The maximum atomic E-state index is 11.9. The summed E-state index contributed by atoms with van der Waals surface area (Å²) in [4.78, 5) is 35.4. The molecule has 0 aliphatic heterocycles. The third kappa shape index (κ3) is 21.3. The van der Waals surface area contributed by atoms with E-state index in [1.54, 1.807) is 30.3 Å². The second-order valence-electron chi connectivity index (χ2n) is 9.98. The van der Waals surface area contributed by atoms with Crippen molar-refractivity contribution in [3.8, 4) is 0 Å². The quantitative estimate of drug-likeness (QED) is 0.0495. The van der Waals surface area contributed by atoms with Crippen molar-refractivity contribution in [1.29, 1.82) is 0 Å². The van der Waals surface area contributed by atoms with Gasteiger partial charge in [-0.1, -0.05) is 127 Å². The number of ketones is 1. The predicted octanol–water partition coefficient (Wildman–Crippen LogP) is 7.25. The van der Waals surface area contributed by atoms with Crippen molar-refractivity contribution in [2.45, 2.75) is 110 Å². The van der Waals surface area contributed by atoms with E-state index in [4.69, 9.17) is 18.9 Å². The number of rotatable bonds is 27. The highest BCUT2D eigenvalue weighted by Gasteiger charge is 2.17. The predicted molar refractivity (Wildman–Crippen MR) is 154 cm³/mol. The molecule has 0 aromatic heterocycles. The van der Waals surface area contributed by atoms with Gasteiger partial charge in [0, 0.05) is 12.0 Å². The van der Waals surface area contributed by atoms with Gasteiger partial charge in [-0.25, -0.2) is 4.79 Å². The molecule has 0 spiro atoms. The molecule has 0 atom stereocenters. The van der Waals surface area contributed by atoms with Gasteiger partial charge in [-0.3, -0.25) is 9.59 Å². The Morgan fingerprint density at radius 2 is 0.974 bits per heavy atom. The van der Waals surface area contributed by atoms with Crippen molar-refractivity contribution < 1.29 is 33.3 Å². The molecule has 0 aliphatic rings. The molecule has 222 valence electrons. The fraction of sp³-hybridized carbons (Fsp3) is 0.719. The molecule has 7 nitrogen and oxygen atoms in total. The number of unbranched alkanes of at least 4 members (excludes halogenated alkanes) is 14. The van der Waals surface area contributed by atoms with E-state index in [9.17, 15) is 14.4 Å². The molecule has 1 aromatic carbocycles. The van der Waals surface area contributed by atoms with Gasteiger partial charge in [0.15, 0.2) is 0 Å². The van der Waals surface area contributed by atoms with Crippen LogP contribution < -0.4 is 0 Å². The molecule has 0 saturated heterocycles. The lowest BCUT2D eigenvalue weighted by Crippen LogP contribution is -2.20. The SMILES string of the molecule is CCCCCCCCCCCCCCCCCC(=O)OCCOCCOCCOC(=O)C(=O)c1ccccc1. The van der Waals surface area contributed by atoms with Crippen molar-refractivity contribution in [1.82, 2.24) is 0 Å². The summed E-state index contributed by atoms with van der Waals surface area (Å²) in [6.45, 7) is 3.64. The molecule has 0 heterocycles. The summed E-state index contributed by atoms with van der Waals surface area (Å²) < 4.78 is 20.8. The molecule has 0 amide bonds. The summed E-state index contributed by atoms with van der Waals surface area (Å²) in [5.41, 5.74) is 0.298. The van der Waals surface area contributed by atoms with E-state index in [1.165, 1.54) is 83.5 Å². The molecule has 0 N–H and O–H groups in total. The van der Waals surface area contributed by atoms with Crippen LogP contribution in [0, 0.1) is 0 Å². The lowest BCUT2D eigenvalue weighted by Gasteiger charge is -2.08. The molecule has 0 aliphatic carbocycles. The van der Waals surface area contributed by atoms with Crippen LogP contribution in [0.2, 0.25) is 0 Å². The summed E-state index contributed by atoms with van der Waals surface area (Å²) in [5, 5.41) is 0. The minimum atomic E-state index is -0.896. The summed E-state index contributed by atoms with van der Waals surface area (Å²) in [5.74, 6) is -1.74. The third-order valence-corrected chi connectivity index (χ3v) is 6.53. The summed E-state index contributed by atoms with van der Waals surface area (Å²) in [6, 6.07) is 8.27. The molecule has 0 radical (unpaired) electrons. The van der Waals surface area contributed by atoms with Crippen molar-refractivity contribution in [2.75, 3.05) is 39.6 Å². The number of carbonyl (C=O) groups excluding carboxylic acids is 3. The van der Waals surface area contributed by atoms with Crippen LogP contribution in [-0.2, 0) is 28.5 Å². The zero-order chi connectivity index (χ0) is 28.2. The van der Waals surface area contributed by atoms with Crippen LogP contribution in [0.25, 0.3) is 0 Å². The van der Waals surface area contributed by atoms with Gasteiger partial charge < -0.3 is 18.9 Å². The standard InChI is InChI=1S/C32H52O7/c1-2-3-4-5-6-7-8-9-10-11-12-13-14-15-19-22-30(33)38-27-25-36-23-24-37-26-28-39-32(35)31(34)29-20-17-16-18-21-29/h16-18,20-21H,2-15,19,22-28H2,1H3. The first-order valence-corrected chi connectivity index (χ1v) is 15.2. The second-order valence-corrected chi connectivity index (χ2v) is 9.98. The van der Waals surface area contributed by atoms with E-state index in [1.807, 2.05) is 0 Å². The van der Waals surface area contributed by atoms with Gasteiger partial charge in [0.2, 0.25) is 0 Å². The third-order valence-electron chi connectivity index (χ3n) is 6.53. The first-order valence-electron chi connectivity index (χ1n) is 15.2. The minimum absolute atomic E-state index is 0.00563. The lowest BCUT2D eigenvalue weighted by atomic mass is 10.0. The van der Waals surface area contributed by atoms with Gasteiger partial charge in [-0.05, 0) is 6.42 Å². The van der Waals surface area contributed by atoms with Crippen LogP contribution in [0.15, 0.2) is 30.3 Å². The van der Waals surface area contributed by atoms with Crippen molar-refractivity contribution >= 4 is 17.7 Å². The highest BCUT2D eigenvalue weighted by atomic mass is 16.6. The fourth-order valence-electron chi connectivity index (χ4n) is 4.22. The molecule has 0 saturated carbocycles. The van der Waals surface area contributed by atoms with E-state index in [0.717, 1.165) is 12.8 Å². The Hall–Kier alpha value is -2.25. The normalized spacial score (nSPS) is 10.9. The fourth-order valence-corrected chi connectivity index (χ4v) is 4.22. The first kappa shape index (κ1) is 34.8. The van der Waals surface area contributed by atoms with Gasteiger partial charge in [-0.2, -0.15) is 0 Å². The highest BCUT2D eigenvalue weighted by molar-refractivity contribution is 6.40. The van der Waals surface area contributed by atoms with Crippen LogP contribution in [0.5, 0.6) is 0 Å². The number of Topliss-reactive ketones (excluding diaryl/α,β-unsaturated/α-hetero) is 1. The monoisotopic (exact) mass is 548 g/mol. The second kappa shape index (κ2) is 26.0. The van der Waals surface area contributed by atoms with E-state index in [-0.39, 0.29) is 25.8 Å². The van der Waals surface area contributed by atoms with Crippen molar-refractivity contribution in [3.63, 3.8) is 0 Å². The lowest BCUT2D eigenvalue weighted by molar-refractivity contribution is -0.145. The Labute approximate surface area is 236 Å². The molecular weight excluding hydrogens is 496 g/mol. The van der Waals surface area contributed by atoms with Crippen LogP contribution in [0.3, 0.4) is 0 Å². The maximum absolute atomic E-state index is 11.9. The summed E-state index contributed by atoms with van der Waals surface area (Å²) in [7, 11) is 0. The van der Waals surface area contributed by atoms with E-state index < -0.39 is 11.8 Å². The molecule has 1 rings (SSSR count). The molecule has 39 heavy (non-hydrogen) atoms. The largest absolute Gasteiger partial charge is 0.463 e. The van der Waals surface area contributed by atoms with Crippen molar-refractivity contribution in [2.24, 2.45) is 0 Å². The van der Waals surface area contributed by atoms with Crippen LogP contribution >= 0.6 is 0 Å². The molecule has 1 aromatic rings. The Bertz CT molecular complexity index is 735. The van der Waals surface area contributed by atoms with Crippen LogP contribution in [-0.4, -0.2) is 57.4 Å². The van der Waals surface area contributed by atoms with Crippen LogP contribution in [0.4, 0.5) is 0 Å². The molecule has 7 heteroatoms. The Balaban J connectivity index is 1.77. The molecule has 0 bridgehead atoms. The van der Waals surface area contributed by atoms with Crippen LogP contribution in [0.1, 0.15) is 120 Å². The Morgan fingerprint density at radius 3 is 1.49 bits per heavy atom. The van der Waals surface area contributed by atoms with Gasteiger partial charge in [0.1, 0.15) is 13.2 Å². The Morgan fingerprint density at radius 1 is 0.538 bits per heavy atom. The number of hydrogen-bond acceptors (Lipinski definition) is 7.